The Bertz CT molecular complexity index is 129. The molecule has 1 aliphatic rings. The molecular formula is C11H20O. The van der Waals surface area contributed by atoms with E-state index in [4.69, 9.17) is 4.74 Å². The minimum absolute atomic E-state index is 0.426. The lowest BCUT2D eigenvalue weighted by Gasteiger charge is -2.16. The molecule has 1 heteroatoms. The van der Waals surface area contributed by atoms with Gasteiger partial charge in [-0.2, -0.15) is 0 Å². The lowest BCUT2D eigenvalue weighted by molar-refractivity contribution is 0.0725. The highest BCUT2D eigenvalue weighted by atomic mass is 16.5. The summed E-state index contributed by atoms with van der Waals surface area (Å²) in [6.45, 7) is 3.17. The average molecular weight is 168 g/mol. The van der Waals surface area contributed by atoms with Crippen molar-refractivity contribution in [3.63, 3.8) is 0 Å². The lowest BCUT2D eigenvalue weighted by Crippen LogP contribution is -2.13. The van der Waals surface area contributed by atoms with E-state index in [0.29, 0.717) is 6.10 Å². The highest BCUT2D eigenvalue weighted by Crippen LogP contribution is 2.12. The largest absolute Gasteiger partial charge is 0.374 e. The molecule has 1 nitrogen and oxygen atoms in total. The van der Waals surface area contributed by atoms with Gasteiger partial charge in [0.15, 0.2) is 0 Å². The summed E-state index contributed by atoms with van der Waals surface area (Å²) in [5, 5.41) is 0. The molecular weight excluding hydrogens is 148 g/mol. The zero-order valence-electron chi connectivity index (χ0n) is 8.09. The van der Waals surface area contributed by atoms with Crippen molar-refractivity contribution in [3.05, 3.63) is 12.2 Å². The summed E-state index contributed by atoms with van der Waals surface area (Å²) in [4.78, 5) is 0. The van der Waals surface area contributed by atoms with Crippen LogP contribution in [0.2, 0.25) is 0 Å². The van der Waals surface area contributed by atoms with E-state index in [1.807, 2.05) is 0 Å². The molecule has 0 spiro atoms. The monoisotopic (exact) mass is 168 g/mol. The van der Waals surface area contributed by atoms with Gasteiger partial charge in [-0.15, -0.1) is 0 Å². The maximum absolute atomic E-state index is 5.57. The predicted molar refractivity (Wildman–Crippen MR) is 52.3 cm³/mol. The molecule has 1 rings (SSSR count). The summed E-state index contributed by atoms with van der Waals surface area (Å²) in [6.07, 6.45) is 12.6. The molecule has 0 aromatic carbocycles. The van der Waals surface area contributed by atoms with Crippen LogP contribution < -0.4 is 0 Å². The van der Waals surface area contributed by atoms with Gasteiger partial charge in [-0.25, -0.2) is 0 Å². The molecule has 0 bridgehead atoms. The Balaban J connectivity index is 1.98. The second-order valence-corrected chi connectivity index (χ2v) is 3.48. The Kier molecular flexibility index (Phi) is 5.09. The Morgan fingerprint density at radius 2 is 2.25 bits per heavy atom. The average Bonchev–Trinajstić information content (AvgIpc) is 2.14. The van der Waals surface area contributed by atoms with Crippen LogP contribution in [0.3, 0.4) is 0 Å². The first-order valence-electron chi connectivity index (χ1n) is 5.21. The standard InChI is InChI=1S/C11H20O/c1-2-3-4-5-8-11-9-6-7-10-12-11/h6,9,11H,2-5,7-8,10H2,1H3/t11-/m0/s1. The van der Waals surface area contributed by atoms with E-state index in [9.17, 15) is 0 Å². The summed E-state index contributed by atoms with van der Waals surface area (Å²) in [5.74, 6) is 0. The molecule has 0 saturated carbocycles. The fourth-order valence-corrected chi connectivity index (χ4v) is 1.54. The summed E-state index contributed by atoms with van der Waals surface area (Å²) in [5.41, 5.74) is 0. The van der Waals surface area contributed by atoms with Crippen LogP contribution in [0.1, 0.15) is 45.4 Å². The Morgan fingerprint density at radius 1 is 1.33 bits per heavy atom. The quantitative estimate of drug-likeness (QED) is 0.452. The smallest absolute Gasteiger partial charge is 0.0755 e. The van der Waals surface area contributed by atoms with E-state index in [0.717, 1.165) is 13.0 Å². The van der Waals surface area contributed by atoms with Gasteiger partial charge < -0.3 is 4.74 Å². The minimum atomic E-state index is 0.426. The third-order valence-electron chi connectivity index (χ3n) is 2.31. The maximum Gasteiger partial charge on any atom is 0.0755 e. The summed E-state index contributed by atoms with van der Waals surface area (Å²) in [7, 11) is 0. The molecule has 1 heterocycles. The normalized spacial score (nSPS) is 22.9. The van der Waals surface area contributed by atoms with Gasteiger partial charge in [0.1, 0.15) is 0 Å². The van der Waals surface area contributed by atoms with Crippen molar-refractivity contribution in [3.8, 4) is 0 Å². The SMILES string of the molecule is CCCCCC[C@H]1C=CCCO1. The first kappa shape index (κ1) is 9.79. The second kappa shape index (κ2) is 6.24. The highest BCUT2D eigenvalue weighted by Gasteiger charge is 2.06. The van der Waals surface area contributed by atoms with E-state index in [2.05, 4.69) is 19.1 Å². The van der Waals surface area contributed by atoms with Crippen LogP contribution in [-0.4, -0.2) is 12.7 Å². The molecule has 0 unspecified atom stereocenters. The second-order valence-electron chi connectivity index (χ2n) is 3.48. The van der Waals surface area contributed by atoms with Crippen LogP contribution in [0.25, 0.3) is 0 Å². The highest BCUT2D eigenvalue weighted by molar-refractivity contribution is 4.92. The van der Waals surface area contributed by atoms with Crippen LogP contribution >= 0.6 is 0 Å². The molecule has 70 valence electrons. The summed E-state index contributed by atoms with van der Waals surface area (Å²) >= 11 is 0. The molecule has 0 aliphatic carbocycles. The number of ether oxygens (including phenoxy) is 1. The van der Waals surface area contributed by atoms with Crippen molar-refractivity contribution in [2.45, 2.75) is 51.6 Å². The fourth-order valence-electron chi connectivity index (χ4n) is 1.54. The first-order chi connectivity index (χ1) is 5.93. The van der Waals surface area contributed by atoms with E-state index in [1.165, 1.54) is 32.1 Å². The number of hydrogen-bond donors (Lipinski definition) is 0. The lowest BCUT2D eigenvalue weighted by atomic mass is 10.1. The fraction of sp³-hybridized carbons (Fsp3) is 0.818. The van der Waals surface area contributed by atoms with Gasteiger partial charge in [0.2, 0.25) is 0 Å². The minimum Gasteiger partial charge on any atom is -0.374 e. The molecule has 0 aromatic heterocycles. The van der Waals surface area contributed by atoms with Gasteiger partial charge in [-0.1, -0.05) is 44.8 Å². The molecule has 12 heavy (non-hydrogen) atoms. The maximum atomic E-state index is 5.57. The number of hydrogen-bond acceptors (Lipinski definition) is 1. The van der Waals surface area contributed by atoms with Crippen molar-refractivity contribution >= 4 is 0 Å². The zero-order chi connectivity index (χ0) is 8.65. The predicted octanol–water partition coefficient (Wildman–Crippen LogP) is 3.30. The van der Waals surface area contributed by atoms with Gasteiger partial charge >= 0.3 is 0 Å². The van der Waals surface area contributed by atoms with Crippen molar-refractivity contribution < 1.29 is 4.74 Å². The van der Waals surface area contributed by atoms with E-state index in [1.54, 1.807) is 0 Å². The third-order valence-corrected chi connectivity index (χ3v) is 2.31. The van der Waals surface area contributed by atoms with Gasteiger partial charge in [0, 0.05) is 0 Å². The zero-order valence-corrected chi connectivity index (χ0v) is 8.09. The van der Waals surface area contributed by atoms with Gasteiger partial charge in [0.25, 0.3) is 0 Å². The van der Waals surface area contributed by atoms with Crippen LogP contribution in [-0.2, 0) is 4.74 Å². The van der Waals surface area contributed by atoms with Crippen molar-refractivity contribution in [2.75, 3.05) is 6.61 Å². The molecule has 0 radical (unpaired) electrons. The molecule has 0 N–H and O–H groups in total. The van der Waals surface area contributed by atoms with Gasteiger partial charge in [-0.05, 0) is 12.8 Å². The van der Waals surface area contributed by atoms with Crippen LogP contribution in [0.4, 0.5) is 0 Å². The Labute approximate surface area is 75.8 Å². The molecule has 1 atom stereocenters. The number of unbranched alkanes of at least 4 members (excludes halogenated alkanes) is 3. The van der Waals surface area contributed by atoms with Crippen molar-refractivity contribution in [2.24, 2.45) is 0 Å². The summed E-state index contributed by atoms with van der Waals surface area (Å²) in [6, 6.07) is 0. The van der Waals surface area contributed by atoms with Crippen LogP contribution in [0.15, 0.2) is 12.2 Å². The summed E-state index contributed by atoms with van der Waals surface area (Å²) < 4.78 is 5.57. The Morgan fingerprint density at radius 3 is 2.92 bits per heavy atom. The van der Waals surface area contributed by atoms with E-state index >= 15 is 0 Å². The van der Waals surface area contributed by atoms with Gasteiger partial charge in [0.05, 0.1) is 12.7 Å². The molecule has 0 fully saturated rings. The third kappa shape index (κ3) is 3.91. The van der Waals surface area contributed by atoms with Crippen molar-refractivity contribution in [1.29, 1.82) is 0 Å². The number of rotatable bonds is 5. The van der Waals surface area contributed by atoms with Crippen LogP contribution in [0, 0.1) is 0 Å². The van der Waals surface area contributed by atoms with Crippen LogP contribution in [0.5, 0.6) is 0 Å². The molecule has 1 aliphatic heterocycles. The molecule has 0 amide bonds. The first-order valence-corrected chi connectivity index (χ1v) is 5.21. The van der Waals surface area contributed by atoms with Crippen molar-refractivity contribution in [1.82, 2.24) is 0 Å². The van der Waals surface area contributed by atoms with Gasteiger partial charge in [-0.3, -0.25) is 0 Å². The molecule has 0 aromatic rings. The molecule has 0 saturated heterocycles. The van der Waals surface area contributed by atoms with E-state index in [-0.39, 0.29) is 0 Å². The van der Waals surface area contributed by atoms with E-state index < -0.39 is 0 Å². The Hall–Kier alpha value is -0.300. The topological polar surface area (TPSA) is 9.23 Å².